The number of esters is 1. The molecule has 0 saturated heterocycles. The maximum atomic E-state index is 13.0. The van der Waals surface area contributed by atoms with Gasteiger partial charge in [0.15, 0.2) is 5.78 Å². The van der Waals surface area contributed by atoms with E-state index in [-0.39, 0.29) is 36.6 Å². The Kier molecular flexibility index (Phi) is 6.16. The van der Waals surface area contributed by atoms with E-state index in [1.54, 1.807) is 0 Å². The van der Waals surface area contributed by atoms with Gasteiger partial charge in [0.25, 0.3) is 0 Å². The molecule has 0 amide bonds. The summed E-state index contributed by atoms with van der Waals surface area (Å²) in [6, 6.07) is 0. The van der Waals surface area contributed by atoms with Crippen molar-refractivity contribution in [1.29, 1.82) is 0 Å². The molecule has 4 nitrogen and oxygen atoms in total. The first-order valence-electron chi connectivity index (χ1n) is 12.4. The van der Waals surface area contributed by atoms with E-state index in [4.69, 9.17) is 4.74 Å². The Bertz CT molecular complexity index is 687. The molecule has 4 fully saturated rings. The number of Topliss-reactive ketones (excluding diaryl/α,β-unsaturated/α-hetero) is 1. The van der Waals surface area contributed by atoms with Crippen LogP contribution in [0.15, 0.2) is 0 Å². The Hall–Kier alpha value is -1.19. The highest BCUT2D eigenvalue weighted by molar-refractivity contribution is 5.85. The second-order valence-electron chi connectivity index (χ2n) is 11.5. The van der Waals surface area contributed by atoms with Crippen molar-refractivity contribution in [2.75, 3.05) is 6.61 Å². The maximum Gasteiger partial charge on any atom is 0.306 e. The van der Waals surface area contributed by atoms with Crippen molar-refractivity contribution in [2.24, 2.45) is 46.3 Å². The van der Waals surface area contributed by atoms with Gasteiger partial charge < -0.3 is 9.53 Å². The summed E-state index contributed by atoms with van der Waals surface area (Å²) < 4.78 is 5.20. The third kappa shape index (κ3) is 3.66. The first-order valence-corrected chi connectivity index (χ1v) is 12.4. The number of rotatable bonds is 6. The smallest absolute Gasteiger partial charge is 0.306 e. The van der Waals surface area contributed by atoms with Crippen LogP contribution in [-0.4, -0.2) is 24.6 Å². The minimum Gasteiger partial charge on any atom is -0.458 e. The van der Waals surface area contributed by atoms with Gasteiger partial charge in [-0.05, 0) is 91.8 Å². The summed E-state index contributed by atoms with van der Waals surface area (Å²) in [6.07, 6.45) is 12.4. The molecule has 8 unspecified atom stereocenters. The molecule has 0 spiro atoms. The minimum atomic E-state index is -0.434. The fraction of sp³-hybridized carbons (Fsp3) is 0.885. The van der Waals surface area contributed by atoms with Crippen molar-refractivity contribution in [3.05, 3.63) is 0 Å². The molecule has 168 valence electrons. The third-order valence-corrected chi connectivity index (χ3v) is 10.2. The van der Waals surface area contributed by atoms with E-state index in [1.165, 1.54) is 38.5 Å². The average Bonchev–Trinajstić information content (AvgIpc) is 3.08. The fourth-order valence-corrected chi connectivity index (χ4v) is 8.50. The molecule has 0 heterocycles. The number of ether oxygens (including phenoxy) is 1. The van der Waals surface area contributed by atoms with Crippen LogP contribution in [0.5, 0.6) is 0 Å². The van der Waals surface area contributed by atoms with Gasteiger partial charge in [0.2, 0.25) is 0 Å². The highest BCUT2D eigenvalue weighted by atomic mass is 16.5. The van der Waals surface area contributed by atoms with E-state index < -0.39 is 5.97 Å². The van der Waals surface area contributed by atoms with E-state index in [1.807, 2.05) is 0 Å². The SMILES string of the molecule is CC1CCC2(C)C(CCC3C2CCC2(C)C(C(=O)COC(=O)CCC=O)CCC32)C1. The molecule has 4 saturated carbocycles. The van der Waals surface area contributed by atoms with Gasteiger partial charge in [0.05, 0.1) is 6.42 Å². The normalized spacial score (nSPS) is 45.0. The number of fused-ring (bicyclic) bond motifs is 5. The molecule has 0 aromatic rings. The Balaban J connectivity index is 1.43. The number of hydrogen-bond acceptors (Lipinski definition) is 4. The van der Waals surface area contributed by atoms with E-state index in [0.717, 1.165) is 42.9 Å². The quantitative estimate of drug-likeness (QED) is 0.431. The van der Waals surface area contributed by atoms with Crippen LogP contribution in [0.4, 0.5) is 0 Å². The van der Waals surface area contributed by atoms with Crippen molar-refractivity contribution in [3.63, 3.8) is 0 Å². The lowest BCUT2D eigenvalue weighted by atomic mass is 9.44. The van der Waals surface area contributed by atoms with Crippen molar-refractivity contribution in [3.8, 4) is 0 Å². The van der Waals surface area contributed by atoms with Crippen molar-refractivity contribution in [2.45, 2.75) is 91.4 Å². The predicted octanol–water partition coefficient (Wildman–Crippen LogP) is 5.37. The summed E-state index contributed by atoms with van der Waals surface area (Å²) in [5, 5.41) is 0. The van der Waals surface area contributed by atoms with Gasteiger partial charge in [-0.2, -0.15) is 0 Å². The molecule has 0 N–H and O–H groups in total. The highest BCUT2D eigenvalue weighted by Gasteiger charge is 2.60. The van der Waals surface area contributed by atoms with E-state index in [2.05, 4.69) is 20.8 Å². The summed E-state index contributed by atoms with van der Waals surface area (Å²) in [5.74, 6) is 3.73. The third-order valence-electron chi connectivity index (χ3n) is 10.2. The predicted molar refractivity (Wildman–Crippen MR) is 116 cm³/mol. The van der Waals surface area contributed by atoms with Crippen LogP contribution >= 0.6 is 0 Å². The van der Waals surface area contributed by atoms with Crippen molar-refractivity contribution in [1.82, 2.24) is 0 Å². The first-order chi connectivity index (χ1) is 14.3. The number of carbonyl (C=O) groups is 3. The molecular weight excluding hydrogens is 376 g/mol. The molecule has 4 rings (SSSR count). The lowest BCUT2D eigenvalue weighted by Gasteiger charge is -2.61. The Morgan fingerprint density at radius 1 is 0.967 bits per heavy atom. The van der Waals surface area contributed by atoms with E-state index in [9.17, 15) is 14.4 Å². The molecular formula is C26H40O4. The topological polar surface area (TPSA) is 60.4 Å². The van der Waals surface area contributed by atoms with Gasteiger partial charge in [-0.25, -0.2) is 0 Å². The zero-order valence-corrected chi connectivity index (χ0v) is 19.2. The van der Waals surface area contributed by atoms with Crippen LogP contribution < -0.4 is 0 Å². The van der Waals surface area contributed by atoms with Crippen LogP contribution in [0.1, 0.15) is 91.4 Å². The number of ketones is 1. The molecule has 30 heavy (non-hydrogen) atoms. The number of carbonyl (C=O) groups excluding carboxylic acids is 3. The molecule has 8 atom stereocenters. The lowest BCUT2D eigenvalue weighted by molar-refractivity contribution is -0.152. The van der Waals surface area contributed by atoms with Crippen LogP contribution in [0.25, 0.3) is 0 Å². The summed E-state index contributed by atoms with van der Waals surface area (Å²) in [7, 11) is 0. The molecule has 4 aliphatic carbocycles. The number of hydrogen-bond donors (Lipinski definition) is 0. The minimum absolute atomic E-state index is 0.0271. The second kappa shape index (κ2) is 8.39. The van der Waals surface area contributed by atoms with Gasteiger partial charge in [-0.15, -0.1) is 0 Å². The summed E-state index contributed by atoms with van der Waals surface area (Å²) >= 11 is 0. The monoisotopic (exact) mass is 416 g/mol. The summed E-state index contributed by atoms with van der Waals surface area (Å²) in [6.45, 7) is 7.27. The molecule has 0 aliphatic heterocycles. The summed E-state index contributed by atoms with van der Waals surface area (Å²) in [5.41, 5.74) is 0.575. The molecule has 0 radical (unpaired) electrons. The molecule has 0 aromatic carbocycles. The van der Waals surface area contributed by atoms with Crippen LogP contribution in [0.3, 0.4) is 0 Å². The van der Waals surface area contributed by atoms with Crippen molar-refractivity contribution >= 4 is 18.0 Å². The van der Waals surface area contributed by atoms with E-state index in [0.29, 0.717) is 17.6 Å². The summed E-state index contributed by atoms with van der Waals surface area (Å²) in [4.78, 5) is 35.2. The zero-order valence-electron chi connectivity index (χ0n) is 19.2. The molecule has 0 bridgehead atoms. The fourth-order valence-electron chi connectivity index (χ4n) is 8.50. The zero-order chi connectivity index (χ0) is 21.5. The van der Waals surface area contributed by atoms with E-state index >= 15 is 0 Å². The van der Waals surface area contributed by atoms with Crippen LogP contribution in [0, 0.1) is 46.3 Å². The van der Waals surface area contributed by atoms with Gasteiger partial charge in [-0.3, -0.25) is 9.59 Å². The van der Waals surface area contributed by atoms with Gasteiger partial charge >= 0.3 is 5.97 Å². The Morgan fingerprint density at radius 3 is 2.47 bits per heavy atom. The first kappa shape index (κ1) is 22.0. The van der Waals surface area contributed by atoms with Crippen molar-refractivity contribution < 1.29 is 19.1 Å². The lowest BCUT2D eigenvalue weighted by Crippen LogP contribution is -2.53. The molecule has 0 aromatic heterocycles. The Labute approximate surface area is 181 Å². The van der Waals surface area contributed by atoms with Crippen LogP contribution in [0.2, 0.25) is 0 Å². The highest BCUT2D eigenvalue weighted by Crippen LogP contribution is 2.67. The van der Waals surface area contributed by atoms with Gasteiger partial charge in [0.1, 0.15) is 12.9 Å². The molecule has 4 heteroatoms. The van der Waals surface area contributed by atoms with Gasteiger partial charge in [-0.1, -0.05) is 27.2 Å². The number of aldehydes is 1. The van der Waals surface area contributed by atoms with Gasteiger partial charge in [0, 0.05) is 12.3 Å². The molecule has 4 aliphatic rings. The maximum absolute atomic E-state index is 13.0. The van der Waals surface area contributed by atoms with Crippen LogP contribution in [-0.2, 0) is 19.1 Å². The average molecular weight is 417 g/mol. The standard InChI is InChI=1S/C26H40O4/c1-17-10-12-25(2)18(15-17)6-7-19-20-8-9-22(26(20,3)13-11-21(19)25)23(28)16-30-24(29)5-4-14-27/h14,17-22H,4-13,15-16H2,1-3H3. The Morgan fingerprint density at radius 2 is 1.70 bits per heavy atom. The second-order valence-corrected chi connectivity index (χ2v) is 11.5. The largest absolute Gasteiger partial charge is 0.458 e.